The molecule has 4 nitrogen and oxygen atoms in total. The summed E-state index contributed by atoms with van der Waals surface area (Å²) in [5.41, 5.74) is -0.468. The second-order valence-corrected chi connectivity index (χ2v) is 13.0. The van der Waals surface area contributed by atoms with Crippen LogP contribution in [0, 0.1) is 0 Å². The second kappa shape index (κ2) is 6.13. The van der Waals surface area contributed by atoms with E-state index in [2.05, 4.69) is 33.9 Å². The molecule has 0 aromatic carbocycles. The van der Waals surface area contributed by atoms with E-state index in [1.54, 1.807) is 4.90 Å². The van der Waals surface area contributed by atoms with Gasteiger partial charge in [-0.05, 0) is 38.9 Å². The minimum atomic E-state index is -1.80. The molecule has 0 aromatic rings. The van der Waals surface area contributed by atoms with Gasteiger partial charge in [0.05, 0.1) is 12.6 Å². The van der Waals surface area contributed by atoms with E-state index in [4.69, 9.17) is 9.16 Å². The molecule has 1 heterocycles. The zero-order chi connectivity index (χ0) is 16.5. The Kier molecular flexibility index (Phi) is 5.32. The van der Waals surface area contributed by atoms with Crippen LogP contribution in [-0.4, -0.2) is 44.1 Å². The molecule has 122 valence electrons. The minimum Gasteiger partial charge on any atom is -0.444 e. The molecular formula is C16H31NO3Si. The Labute approximate surface area is 130 Å². The van der Waals surface area contributed by atoms with Crippen molar-refractivity contribution in [3.05, 3.63) is 12.2 Å². The van der Waals surface area contributed by atoms with Crippen LogP contribution in [0.5, 0.6) is 0 Å². The molecule has 1 amide bonds. The summed E-state index contributed by atoms with van der Waals surface area (Å²) >= 11 is 0. The Bertz CT molecular complexity index is 405. The van der Waals surface area contributed by atoms with Crippen LogP contribution in [0.3, 0.4) is 0 Å². The Morgan fingerprint density at radius 2 is 1.81 bits per heavy atom. The van der Waals surface area contributed by atoms with Gasteiger partial charge in [-0.1, -0.05) is 32.9 Å². The highest BCUT2D eigenvalue weighted by molar-refractivity contribution is 6.74. The standard InChI is InChI=1S/C16H31NO3Si/c1-15(2,3)20-14(18)17-11-9-10-13(17)12-19-21(7,8)16(4,5)6/h9-10,13H,11-12H2,1-8H3/t13-/m1/s1. The van der Waals surface area contributed by atoms with Gasteiger partial charge >= 0.3 is 6.09 Å². The van der Waals surface area contributed by atoms with Crippen LogP contribution in [0.15, 0.2) is 12.2 Å². The lowest BCUT2D eigenvalue weighted by Gasteiger charge is -2.38. The van der Waals surface area contributed by atoms with Crippen molar-refractivity contribution in [2.75, 3.05) is 13.2 Å². The topological polar surface area (TPSA) is 38.8 Å². The van der Waals surface area contributed by atoms with Crippen molar-refractivity contribution < 1.29 is 14.0 Å². The molecule has 1 atom stereocenters. The summed E-state index contributed by atoms with van der Waals surface area (Å²) in [7, 11) is -1.80. The maximum absolute atomic E-state index is 12.2. The Morgan fingerprint density at radius 3 is 2.29 bits per heavy atom. The largest absolute Gasteiger partial charge is 0.444 e. The molecule has 1 aliphatic rings. The zero-order valence-corrected chi connectivity index (χ0v) is 15.8. The fourth-order valence-electron chi connectivity index (χ4n) is 1.76. The molecule has 1 aliphatic heterocycles. The van der Waals surface area contributed by atoms with Crippen LogP contribution in [0.25, 0.3) is 0 Å². The van der Waals surface area contributed by atoms with Gasteiger partial charge in [0.25, 0.3) is 0 Å². The Balaban J connectivity index is 2.63. The van der Waals surface area contributed by atoms with E-state index in [0.29, 0.717) is 13.2 Å². The number of carbonyl (C=O) groups is 1. The number of hydrogen-bond donors (Lipinski definition) is 0. The third kappa shape index (κ3) is 5.15. The molecule has 0 spiro atoms. The van der Waals surface area contributed by atoms with Gasteiger partial charge in [0.1, 0.15) is 5.60 Å². The number of ether oxygens (including phenoxy) is 1. The van der Waals surface area contributed by atoms with E-state index < -0.39 is 13.9 Å². The lowest BCUT2D eigenvalue weighted by Crippen LogP contribution is -2.47. The average molecular weight is 314 g/mol. The van der Waals surface area contributed by atoms with Gasteiger partial charge in [0, 0.05) is 6.54 Å². The van der Waals surface area contributed by atoms with Gasteiger partial charge in [-0.3, -0.25) is 4.90 Å². The molecular weight excluding hydrogens is 282 g/mol. The van der Waals surface area contributed by atoms with E-state index in [9.17, 15) is 4.79 Å². The van der Waals surface area contributed by atoms with Crippen molar-refractivity contribution >= 4 is 14.4 Å². The van der Waals surface area contributed by atoms with Crippen molar-refractivity contribution in [1.29, 1.82) is 0 Å². The highest BCUT2D eigenvalue weighted by Crippen LogP contribution is 2.36. The predicted molar refractivity (Wildman–Crippen MR) is 89.0 cm³/mol. The smallest absolute Gasteiger partial charge is 0.411 e. The van der Waals surface area contributed by atoms with Gasteiger partial charge < -0.3 is 9.16 Å². The summed E-state index contributed by atoms with van der Waals surface area (Å²) in [6.45, 7) is 17.9. The first-order valence-corrected chi connectivity index (χ1v) is 10.5. The van der Waals surface area contributed by atoms with Gasteiger partial charge in [-0.15, -0.1) is 0 Å². The van der Waals surface area contributed by atoms with Crippen LogP contribution in [0.2, 0.25) is 18.1 Å². The molecule has 0 aliphatic carbocycles. The quantitative estimate of drug-likeness (QED) is 0.579. The van der Waals surface area contributed by atoms with E-state index >= 15 is 0 Å². The van der Waals surface area contributed by atoms with Crippen LogP contribution in [0.1, 0.15) is 41.5 Å². The maximum Gasteiger partial charge on any atom is 0.411 e. The summed E-state index contributed by atoms with van der Waals surface area (Å²) < 4.78 is 11.7. The summed E-state index contributed by atoms with van der Waals surface area (Å²) in [5.74, 6) is 0. The van der Waals surface area contributed by atoms with E-state index in [-0.39, 0.29) is 17.2 Å². The minimum absolute atomic E-state index is 0.0195. The van der Waals surface area contributed by atoms with Crippen molar-refractivity contribution in [2.45, 2.75) is 71.3 Å². The first-order chi connectivity index (χ1) is 9.33. The van der Waals surface area contributed by atoms with Gasteiger partial charge in [0.2, 0.25) is 0 Å². The molecule has 5 heteroatoms. The SMILES string of the molecule is CC(C)(C)OC(=O)N1CC=C[C@@H]1CO[Si](C)(C)C(C)(C)C. The molecule has 0 saturated carbocycles. The predicted octanol–water partition coefficient (Wildman–Crippen LogP) is 4.18. The first kappa shape index (κ1) is 18.2. The third-order valence-corrected chi connectivity index (χ3v) is 8.61. The Hall–Kier alpha value is -0.813. The van der Waals surface area contributed by atoms with Gasteiger partial charge in [0.15, 0.2) is 8.32 Å². The van der Waals surface area contributed by atoms with Gasteiger partial charge in [-0.2, -0.15) is 0 Å². The molecule has 0 N–H and O–H groups in total. The maximum atomic E-state index is 12.2. The fraction of sp³-hybridized carbons (Fsp3) is 0.812. The van der Waals surface area contributed by atoms with Crippen LogP contribution in [-0.2, 0) is 9.16 Å². The van der Waals surface area contributed by atoms with Crippen molar-refractivity contribution in [3.63, 3.8) is 0 Å². The van der Waals surface area contributed by atoms with E-state index in [1.165, 1.54) is 0 Å². The first-order valence-electron chi connectivity index (χ1n) is 7.64. The van der Waals surface area contributed by atoms with Crippen molar-refractivity contribution in [2.24, 2.45) is 0 Å². The number of nitrogens with zero attached hydrogens (tertiary/aromatic N) is 1. The lowest BCUT2D eigenvalue weighted by molar-refractivity contribution is 0.0203. The zero-order valence-electron chi connectivity index (χ0n) is 14.8. The highest BCUT2D eigenvalue weighted by Gasteiger charge is 2.38. The molecule has 21 heavy (non-hydrogen) atoms. The van der Waals surface area contributed by atoms with E-state index in [1.807, 2.05) is 32.9 Å². The molecule has 0 saturated heterocycles. The van der Waals surface area contributed by atoms with Crippen LogP contribution >= 0.6 is 0 Å². The van der Waals surface area contributed by atoms with Crippen molar-refractivity contribution in [1.82, 2.24) is 4.90 Å². The normalized spacial score (nSPS) is 20.0. The number of rotatable bonds is 3. The van der Waals surface area contributed by atoms with E-state index in [0.717, 1.165) is 0 Å². The molecule has 0 bridgehead atoms. The summed E-state index contributed by atoms with van der Waals surface area (Å²) in [5, 5.41) is 0.173. The van der Waals surface area contributed by atoms with Crippen LogP contribution in [0.4, 0.5) is 4.79 Å². The summed E-state index contributed by atoms with van der Waals surface area (Å²) in [6.07, 6.45) is 3.78. The molecule has 0 aromatic heterocycles. The fourth-order valence-corrected chi connectivity index (χ4v) is 2.78. The second-order valence-electron chi connectivity index (χ2n) is 8.20. The number of carbonyl (C=O) groups excluding carboxylic acids is 1. The lowest BCUT2D eigenvalue weighted by atomic mass is 10.2. The molecule has 1 rings (SSSR count). The summed E-state index contributed by atoms with van der Waals surface area (Å²) in [4.78, 5) is 13.9. The monoisotopic (exact) mass is 313 g/mol. The third-order valence-electron chi connectivity index (χ3n) is 4.11. The summed E-state index contributed by atoms with van der Waals surface area (Å²) in [6, 6.07) is -0.0195. The van der Waals surface area contributed by atoms with Gasteiger partial charge in [-0.25, -0.2) is 4.79 Å². The molecule has 0 unspecified atom stereocenters. The molecule has 0 radical (unpaired) electrons. The van der Waals surface area contributed by atoms with Crippen LogP contribution < -0.4 is 0 Å². The number of hydrogen-bond acceptors (Lipinski definition) is 3. The molecule has 0 fully saturated rings. The average Bonchev–Trinajstić information content (AvgIpc) is 2.70. The number of amides is 1. The Morgan fingerprint density at radius 1 is 1.24 bits per heavy atom. The highest BCUT2D eigenvalue weighted by atomic mass is 28.4. The van der Waals surface area contributed by atoms with Crippen molar-refractivity contribution in [3.8, 4) is 0 Å².